The van der Waals surface area contributed by atoms with Gasteiger partial charge < -0.3 is 16.0 Å². The third-order valence-electron chi connectivity index (χ3n) is 5.44. The van der Waals surface area contributed by atoms with Gasteiger partial charge in [0, 0.05) is 16.3 Å². The zero-order chi connectivity index (χ0) is 26.9. The summed E-state index contributed by atoms with van der Waals surface area (Å²) in [5.41, 5.74) is 3.01. The van der Waals surface area contributed by atoms with E-state index in [4.69, 9.17) is 0 Å². The maximum Gasteiger partial charge on any atom is 0.266 e. The van der Waals surface area contributed by atoms with E-state index in [1.165, 1.54) is 11.8 Å². The molecule has 0 bridgehead atoms. The number of carbonyl (C=O) groups is 3. The molecule has 0 atom stereocenters. The molecule has 0 spiro atoms. The second kappa shape index (κ2) is 12.7. The average molecular weight is 541 g/mol. The lowest BCUT2D eigenvalue weighted by atomic mass is 10.1. The van der Waals surface area contributed by atoms with E-state index in [2.05, 4.69) is 22.0 Å². The Hall–Kier alpha value is -4.39. The smallest absolute Gasteiger partial charge is 0.266 e. The molecule has 0 radical (unpaired) electrons. The first kappa shape index (κ1) is 26.7. The largest absolute Gasteiger partial charge is 0.326 e. The van der Waals surface area contributed by atoms with Gasteiger partial charge in [0.05, 0.1) is 22.6 Å². The molecule has 38 heavy (non-hydrogen) atoms. The number of thiophene rings is 1. The zero-order valence-electron chi connectivity index (χ0n) is 20.5. The molecule has 0 aliphatic carbocycles. The molecule has 3 N–H and O–H groups in total. The van der Waals surface area contributed by atoms with Crippen molar-refractivity contribution in [3.05, 3.63) is 106 Å². The van der Waals surface area contributed by atoms with Gasteiger partial charge in [-0.3, -0.25) is 14.4 Å². The van der Waals surface area contributed by atoms with Crippen LogP contribution in [0.5, 0.6) is 0 Å². The summed E-state index contributed by atoms with van der Waals surface area (Å²) in [5, 5.41) is 18.4. The number of amides is 3. The van der Waals surface area contributed by atoms with Crippen molar-refractivity contribution < 1.29 is 14.4 Å². The Morgan fingerprint density at radius 1 is 0.842 bits per heavy atom. The van der Waals surface area contributed by atoms with Crippen molar-refractivity contribution in [2.24, 2.45) is 0 Å². The number of thioether (sulfide) groups is 1. The molecule has 3 amide bonds. The molecule has 190 valence electrons. The van der Waals surface area contributed by atoms with Gasteiger partial charge in [-0.1, -0.05) is 54.6 Å². The fraction of sp³-hybridized carbons (Fsp3) is 0.103. The minimum absolute atomic E-state index is 0.0920. The summed E-state index contributed by atoms with van der Waals surface area (Å²) in [6, 6.07) is 27.9. The maximum atomic E-state index is 12.8. The van der Waals surface area contributed by atoms with Crippen molar-refractivity contribution in [1.82, 2.24) is 0 Å². The summed E-state index contributed by atoms with van der Waals surface area (Å²) in [6.07, 6.45) is 0.271. The summed E-state index contributed by atoms with van der Waals surface area (Å²) in [6.45, 7) is 1.69. The van der Waals surface area contributed by atoms with Crippen LogP contribution in [0.25, 0.3) is 0 Å². The Labute approximate surface area is 228 Å². The third kappa shape index (κ3) is 7.09. The van der Waals surface area contributed by atoms with Crippen LogP contribution in [-0.2, 0) is 16.0 Å². The molecule has 9 heteroatoms. The standard InChI is InChI=1S/C29H24N4O3S2/c1-19-24(17-30)29(38-27(19)28(36)32-21-11-6-3-7-12-21)33-26(35)18-37-23-14-8-13-22(16-23)31-25(34)15-20-9-4-2-5-10-20/h2-14,16H,15,18H2,1H3,(H,31,34)(H,32,36)(H,33,35). The number of anilines is 3. The fourth-order valence-electron chi connectivity index (χ4n) is 3.62. The van der Waals surface area contributed by atoms with Gasteiger partial charge in [0.15, 0.2) is 0 Å². The number of nitriles is 1. The van der Waals surface area contributed by atoms with E-state index in [1.807, 2.05) is 66.7 Å². The number of nitrogens with one attached hydrogen (secondary N) is 3. The van der Waals surface area contributed by atoms with E-state index in [1.54, 1.807) is 25.1 Å². The number of carbonyl (C=O) groups excluding carboxylic acids is 3. The van der Waals surface area contributed by atoms with Crippen molar-refractivity contribution in [2.75, 3.05) is 21.7 Å². The molecular weight excluding hydrogens is 516 g/mol. The van der Waals surface area contributed by atoms with Crippen LogP contribution >= 0.6 is 23.1 Å². The van der Waals surface area contributed by atoms with Crippen LogP contribution in [0.15, 0.2) is 89.8 Å². The molecule has 0 aliphatic heterocycles. The van der Waals surface area contributed by atoms with Crippen molar-refractivity contribution >= 4 is 57.2 Å². The predicted octanol–water partition coefficient (Wildman–Crippen LogP) is 6.09. The lowest BCUT2D eigenvalue weighted by molar-refractivity contribution is -0.115. The Balaban J connectivity index is 1.35. The van der Waals surface area contributed by atoms with Crippen molar-refractivity contribution in [3.63, 3.8) is 0 Å². The first-order valence-electron chi connectivity index (χ1n) is 11.7. The molecule has 4 rings (SSSR count). The van der Waals surface area contributed by atoms with Crippen molar-refractivity contribution in [2.45, 2.75) is 18.2 Å². The molecule has 0 aliphatic rings. The van der Waals surface area contributed by atoms with Gasteiger partial charge in [-0.05, 0) is 48.4 Å². The Kier molecular flexibility index (Phi) is 8.93. The monoisotopic (exact) mass is 540 g/mol. The number of nitrogens with zero attached hydrogens (tertiary/aromatic N) is 1. The Morgan fingerprint density at radius 2 is 1.53 bits per heavy atom. The van der Waals surface area contributed by atoms with Gasteiger partial charge in [0.1, 0.15) is 11.1 Å². The highest BCUT2D eigenvalue weighted by atomic mass is 32.2. The lowest BCUT2D eigenvalue weighted by Gasteiger charge is -2.08. The summed E-state index contributed by atoms with van der Waals surface area (Å²) in [4.78, 5) is 39.0. The number of benzene rings is 3. The summed E-state index contributed by atoms with van der Waals surface area (Å²) in [7, 11) is 0. The number of para-hydroxylation sites is 1. The Morgan fingerprint density at radius 3 is 2.24 bits per heavy atom. The van der Waals surface area contributed by atoms with Crippen LogP contribution in [0.3, 0.4) is 0 Å². The van der Waals surface area contributed by atoms with Crippen LogP contribution in [-0.4, -0.2) is 23.5 Å². The molecule has 3 aromatic carbocycles. The van der Waals surface area contributed by atoms with Gasteiger partial charge in [-0.15, -0.1) is 23.1 Å². The highest BCUT2D eigenvalue weighted by Crippen LogP contribution is 2.33. The first-order chi connectivity index (χ1) is 18.4. The first-order valence-corrected chi connectivity index (χ1v) is 13.5. The van der Waals surface area contributed by atoms with Crippen LogP contribution in [0.4, 0.5) is 16.4 Å². The average Bonchev–Trinajstić information content (AvgIpc) is 3.23. The normalized spacial score (nSPS) is 10.3. The quantitative estimate of drug-likeness (QED) is 0.222. The number of rotatable bonds is 9. The Bertz CT molecular complexity index is 1500. The topological polar surface area (TPSA) is 111 Å². The maximum absolute atomic E-state index is 12.8. The van der Waals surface area contributed by atoms with E-state index >= 15 is 0 Å². The molecule has 7 nitrogen and oxygen atoms in total. The molecule has 1 aromatic heterocycles. The number of hydrogen-bond donors (Lipinski definition) is 3. The number of hydrogen-bond acceptors (Lipinski definition) is 6. The van der Waals surface area contributed by atoms with Gasteiger partial charge in [0.2, 0.25) is 11.8 Å². The van der Waals surface area contributed by atoms with Crippen molar-refractivity contribution in [3.8, 4) is 6.07 Å². The highest BCUT2D eigenvalue weighted by Gasteiger charge is 2.21. The zero-order valence-corrected chi connectivity index (χ0v) is 22.1. The summed E-state index contributed by atoms with van der Waals surface area (Å²) in [5.74, 6) is -0.674. The minimum atomic E-state index is -0.337. The fourth-order valence-corrected chi connectivity index (χ4v) is 5.45. The molecule has 0 unspecified atom stereocenters. The van der Waals surface area contributed by atoms with Gasteiger partial charge >= 0.3 is 0 Å². The molecule has 1 heterocycles. The molecule has 0 fully saturated rings. The highest BCUT2D eigenvalue weighted by molar-refractivity contribution is 8.00. The van der Waals surface area contributed by atoms with E-state index in [-0.39, 0.29) is 35.5 Å². The second-order valence-corrected chi connectivity index (χ2v) is 10.3. The van der Waals surface area contributed by atoms with Crippen LogP contribution in [0, 0.1) is 18.3 Å². The lowest BCUT2D eigenvalue weighted by Crippen LogP contribution is -2.15. The van der Waals surface area contributed by atoms with Crippen LogP contribution in [0.1, 0.15) is 26.4 Å². The van der Waals surface area contributed by atoms with E-state index in [0.29, 0.717) is 26.8 Å². The molecule has 0 saturated carbocycles. The minimum Gasteiger partial charge on any atom is -0.326 e. The van der Waals surface area contributed by atoms with Crippen LogP contribution in [0.2, 0.25) is 0 Å². The summed E-state index contributed by atoms with van der Waals surface area (Å²) < 4.78 is 0. The second-order valence-electron chi connectivity index (χ2n) is 8.27. The van der Waals surface area contributed by atoms with E-state index < -0.39 is 0 Å². The SMILES string of the molecule is Cc1c(C(=O)Nc2ccccc2)sc(NC(=O)CSc2cccc(NC(=O)Cc3ccccc3)c2)c1C#N. The van der Waals surface area contributed by atoms with Gasteiger partial charge in [-0.2, -0.15) is 5.26 Å². The van der Waals surface area contributed by atoms with Gasteiger partial charge in [0.25, 0.3) is 5.91 Å². The van der Waals surface area contributed by atoms with Crippen molar-refractivity contribution in [1.29, 1.82) is 5.26 Å². The summed E-state index contributed by atoms with van der Waals surface area (Å²) >= 11 is 2.38. The molecule has 0 saturated heterocycles. The molecule has 4 aromatic rings. The van der Waals surface area contributed by atoms with Gasteiger partial charge in [-0.25, -0.2) is 0 Å². The van der Waals surface area contributed by atoms with E-state index in [9.17, 15) is 19.6 Å². The van der Waals surface area contributed by atoms with E-state index in [0.717, 1.165) is 21.8 Å². The van der Waals surface area contributed by atoms with Crippen LogP contribution < -0.4 is 16.0 Å². The third-order valence-corrected chi connectivity index (χ3v) is 7.64. The predicted molar refractivity (Wildman–Crippen MR) is 153 cm³/mol. The molecular formula is C29H24N4O3S2.